The molecule has 2 aliphatic heterocycles. The van der Waals surface area contributed by atoms with Gasteiger partial charge in [0.05, 0.1) is 12.1 Å². The van der Waals surface area contributed by atoms with Gasteiger partial charge < -0.3 is 9.80 Å². The average molecular weight is 439 g/mol. The van der Waals surface area contributed by atoms with E-state index >= 15 is 0 Å². The number of rotatable bonds is 4. The van der Waals surface area contributed by atoms with E-state index in [1.165, 1.54) is 5.56 Å². The van der Waals surface area contributed by atoms with Gasteiger partial charge in [0, 0.05) is 28.6 Å². The van der Waals surface area contributed by atoms with Crippen molar-refractivity contribution in [1.29, 1.82) is 0 Å². The first kappa shape index (κ1) is 21.9. The predicted molar refractivity (Wildman–Crippen MR) is 124 cm³/mol. The summed E-state index contributed by atoms with van der Waals surface area (Å²) in [6.07, 6.45) is 3.39. The number of nitrogens with zero attached hydrogens (tertiary/aromatic N) is 2. The van der Waals surface area contributed by atoms with E-state index in [1.54, 1.807) is 12.1 Å². The number of piperidine rings is 1. The number of carbonyl (C=O) groups excluding carboxylic acids is 2. The molecule has 2 saturated heterocycles. The van der Waals surface area contributed by atoms with E-state index in [9.17, 15) is 9.59 Å². The van der Waals surface area contributed by atoms with Gasteiger partial charge in [-0.3, -0.25) is 9.59 Å². The standard InChI is InChI=1S/C26H31ClN2O2/c1-18(2)24(30)28-14-8-13-22-23(28)17-26(3,16-19-9-5-4-6-10-19)29(22)25(31)20-11-7-12-21(27)15-20/h4-7,9-12,15,18,22-23H,8,13-14,16-17H2,1-3H3/t22-,23-,26+/m0/s1. The van der Waals surface area contributed by atoms with E-state index < -0.39 is 0 Å². The molecule has 5 heteroatoms. The summed E-state index contributed by atoms with van der Waals surface area (Å²) in [6, 6.07) is 17.6. The zero-order valence-corrected chi connectivity index (χ0v) is 19.3. The third kappa shape index (κ3) is 4.23. The van der Waals surface area contributed by atoms with Crippen molar-refractivity contribution in [3.8, 4) is 0 Å². The molecular formula is C26H31ClN2O2. The minimum Gasteiger partial charge on any atom is -0.337 e. The summed E-state index contributed by atoms with van der Waals surface area (Å²) in [6.45, 7) is 6.87. The van der Waals surface area contributed by atoms with Crippen LogP contribution in [0.2, 0.25) is 5.02 Å². The van der Waals surface area contributed by atoms with Gasteiger partial charge in [0.1, 0.15) is 0 Å². The van der Waals surface area contributed by atoms with Crippen molar-refractivity contribution in [3.05, 3.63) is 70.7 Å². The number of fused-ring (bicyclic) bond motifs is 1. The van der Waals surface area contributed by atoms with Crippen LogP contribution in [-0.2, 0) is 11.2 Å². The molecule has 164 valence electrons. The van der Waals surface area contributed by atoms with Gasteiger partial charge in [-0.05, 0) is 56.4 Å². The molecule has 0 spiro atoms. The number of halogens is 1. The van der Waals surface area contributed by atoms with Crippen LogP contribution in [0.25, 0.3) is 0 Å². The fraction of sp³-hybridized carbons (Fsp3) is 0.462. The van der Waals surface area contributed by atoms with E-state index in [-0.39, 0.29) is 35.4 Å². The maximum absolute atomic E-state index is 13.8. The third-order valence-corrected chi connectivity index (χ3v) is 7.04. The van der Waals surface area contributed by atoms with E-state index in [4.69, 9.17) is 11.6 Å². The normalized spacial score (nSPS) is 25.6. The molecule has 4 nitrogen and oxygen atoms in total. The van der Waals surface area contributed by atoms with Crippen LogP contribution in [0.3, 0.4) is 0 Å². The molecule has 2 amide bonds. The summed E-state index contributed by atoms with van der Waals surface area (Å²) in [5, 5.41) is 0.562. The zero-order valence-electron chi connectivity index (χ0n) is 18.6. The van der Waals surface area contributed by atoms with Crippen molar-refractivity contribution in [1.82, 2.24) is 9.80 Å². The van der Waals surface area contributed by atoms with Gasteiger partial charge in [0.2, 0.25) is 5.91 Å². The molecular weight excluding hydrogens is 408 g/mol. The maximum Gasteiger partial charge on any atom is 0.254 e. The second-order valence-corrected chi connectivity index (χ2v) is 9.95. The maximum atomic E-state index is 13.8. The highest BCUT2D eigenvalue weighted by Crippen LogP contribution is 2.44. The Morgan fingerprint density at radius 2 is 1.84 bits per heavy atom. The Bertz CT molecular complexity index is 961. The number of amides is 2. The zero-order chi connectivity index (χ0) is 22.2. The molecule has 0 bridgehead atoms. The van der Waals surface area contributed by atoms with Crippen molar-refractivity contribution < 1.29 is 9.59 Å². The predicted octanol–water partition coefficient (Wildman–Crippen LogP) is 5.20. The van der Waals surface area contributed by atoms with Crippen LogP contribution < -0.4 is 0 Å². The highest BCUT2D eigenvalue weighted by atomic mass is 35.5. The lowest BCUT2D eigenvalue weighted by molar-refractivity contribution is -0.138. The average Bonchev–Trinajstić information content (AvgIpc) is 3.04. The number of hydrogen-bond acceptors (Lipinski definition) is 2. The van der Waals surface area contributed by atoms with Gasteiger partial charge >= 0.3 is 0 Å². The van der Waals surface area contributed by atoms with Gasteiger partial charge in [-0.25, -0.2) is 0 Å². The monoisotopic (exact) mass is 438 g/mol. The summed E-state index contributed by atoms with van der Waals surface area (Å²) < 4.78 is 0. The highest BCUT2D eigenvalue weighted by molar-refractivity contribution is 6.31. The van der Waals surface area contributed by atoms with Crippen molar-refractivity contribution >= 4 is 23.4 Å². The van der Waals surface area contributed by atoms with Gasteiger partial charge in [-0.2, -0.15) is 0 Å². The second-order valence-electron chi connectivity index (χ2n) is 9.51. The van der Waals surface area contributed by atoms with Crippen LogP contribution in [-0.4, -0.2) is 45.8 Å². The Kier molecular flexibility index (Phi) is 6.11. The molecule has 31 heavy (non-hydrogen) atoms. The second kappa shape index (κ2) is 8.66. The molecule has 2 aromatic carbocycles. The lowest BCUT2D eigenvalue weighted by Gasteiger charge is -2.42. The summed E-state index contributed by atoms with van der Waals surface area (Å²) in [4.78, 5) is 31.0. The molecule has 0 aromatic heterocycles. The van der Waals surface area contributed by atoms with Crippen molar-refractivity contribution in [2.75, 3.05) is 6.54 Å². The summed E-state index contributed by atoms with van der Waals surface area (Å²) in [5.41, 5.74) is 1.43. The van der Waals surface area contributed by atoms with Gasteiger partial charge in [-0.15, -0.1) is 0 Å². The topological polar surface area (TPSA) is 40.6 Å². The number of carbonyl (C=O) groups is 2. The smallest absolute Gasteiger partial charge is 0.254 e. The number of likely N-dealkylation sites (tertiary alicyclic amines) is 2. The quantitative estimate of drug-likeness (QED) is 0.658. The first-order chi connectivity index (χ1) is 14.8. The van der Waals surface area contributed by atoms with Crippen LogP contribution in [0.1, 0.15) is 56.0 Å². The molecule has 2 fully saturated rings. The Morgan fingerprint density at radius 3 is 2.52 bits per heavy atom. The molecule has 0 N–H and O–H groups in total. The van der Waals surface area contributed by atoms with Crippen LogP contribution in [0.15, 0.2) is 54.6 Å². The Hall–Kier alpha value is -2.33. The molecule has 2 aliphatic rings. The van der Waals surface area contributed by atoms with E-state index in [0.29, 0.717) is 10.6 Å². The highest BCUT2D eigenvalue weighted by Gasteiger charge is 2.54. The Balaban J connectivity index is 1.74. The minimum absolute atomic E-state index is 0.00674. The largest absolute Gasteiger partial charge is 0.337 e. The lowest BCUT2D eigenvalue weighted by atomic mass is 9.87. The summed E-state index contributed by atoms with van der Waals surface area (Å²) >= 11 is 6.21. The molecule has 4 rings (SSSR count). The molecule has 2 heterocycles. The van der Waals surface area contributed by atoms with Crippen LogP contribution in [0.5, 0.6) is 0 Å². The first-order valence-corrected chi connectivity index (χ1v) is 11.6. The fourth-order valence-corrected chi connectivity index (χ4v) is 5.68. The fourth-order valence-electron chi connectivity index (χ4n) is 5.49. The molecule has 0 saturated carbocycles. The molecule has 0 unspecified atom stereocenters. The van der Waals surface area contributed by atoms with Gasteiger partial charge in [0.25, 0.3) is 5.91 Å². The van der Waals surface area contributed by atoms with Crippen molar-refractivity contribution in [3.63, 3.8) is 0 Å². The van der Waals surface area contributed by atoms with Crippen LogP contribution in [0, 0.1) is 5.92 Å². The van der Waals surface area contributed by atoms with Crippen LogP contribution in [0.4, 0.5) is 0 Å². The minimum atomic E-state index is -0.379. The summed E-state index contributed by atoms with van der Waals surface area (Å²) in [7, 11) is 0. The van der Waals surface area contributed by atoms with Crippen molar-refractivity contribution in [2.45, 2.75) is 64.1 Å². The van der Waals surface area contributed by atoms with E-state index in [2.05, 4.69) is 24.0 Å². The van der Waals surface area contributed by atoms with Gasteiger partial charge in [0.15, 0.2) is 0 Å². The Labute approximate surface area is 190 Å². The van der Waals surface area contributed by atoms with E-state index in [0.717, 1.165) is 32.2 Å². The Morgan fingerprint density at radius 1 is 1.10 bits per heavy atom. The molecule has 0 radical (unpaired) electrons. The molecule has 0 aliphatic carbocycles. The van der Waals surface area contributed by atoms with Crippen LogP contribution >= 0.6 is 11.6 Å². The number of hydrogen-bond donors (Lipinski definition) is 0. The first-order valence-electron chi connectivity index (χ1n) is 11.2. The van der Waals surface area contributed by atoms with Gasteiger partial charge in [-0.1, -0.05) is 61.8 Å². The lowest BCUT2D eigenvalue weighted by Crippen LogP contribution is -2.55. The summed E-state index contributed by atoms with van der Waals surface area (Å²) in [5.74, 6) is 0.151. The molecule has 3 atom stereocenters. The molecule has 2 aromatic rings. The van der Waals surface area contributed by atoms with Crippen molar-refractivity contribution in [2.24, 2.45) is 5.92 Å². The van der Waals surface area contributed by atoms with E-state index in [1.807, 2.05) is 49.1 Å². The SMILES string of the molecule is CC(C)C(=O)N1CCC[C@H]2[C@@H]1C[C@@](C)(Cc1ccccc1)N2C(=O)c1cccc(Cl)c1. The third-order valence-electron chi connectivity index (χ3n) is 6.80. The number of benzene rings is 2.